The van der Waals surface area contributed by atoms with E-state index >= 15 is 0 Å². The lowest BCUT2D eigenvalue weighted by Gasteiger charge is -2.02. The first-order chi connectivity index (χ1) is 4.74. The minimum absolute atomic E-state index is 0.431. The fourth-order valence-electron chi connectivity index (χ4n) is 0.765. The van der Waals surface area contributed by atoms with Gasteiger partial charge in [0, 0.05) is 24.3 Å². The monoisotopic (exact) mass is 139 g/mol. The van der Waals surface area contributed by atoms with Crippen molar-refractivity contribution >= 4 is 0 Å². The van der Waals surface area contributed by atoms with Gasteiger partial charge in [0.1, 0.15) is 0 Å². The zero-order valence-electron chi connectivity index (χ0n) is 6.41. The van der Waals surface area contributed by atoms with Crippen molar-refractivity contribution in [3.05, 3.63) is 18.0 Å². The molecule has 1 aromatic heterocycles. The normalized spacial score (nSPS) is 10.8. The van der Waals surface area contributed by atoms with Crippen LogP contribution < -0.4 is 5.73 Å². The van der Waals surface area contributed by atoms with Gasteiger partial charge in [0.05, 0.1) is 6.20 Å². The summed E-state index contributed by atoms with van der Waals surface area (Å²) in [5.74, 6) is 0. The molecule has 0 spiro atoms. The summed E-state index contributed by atoms with van der Waals surface area (Å²) in [5.41, 5.74) is 6.50. The topological polar surface area (TPSA) is 43.8 Å². The fraction of sp³-hybridized carbons (Fsp3) is 0.571. The van der Waals surface area contributed by atoms with Crippen LogP contribution in [-0.2, 0) is 6.54 Å². The molecule has 10 heavy (non-hydrogen) atoms. The standard InChI is InChI=1S/C7H13N3/c1-6(2)10-5-7(3-8)4-9-10/h4-6H,3,8H2,1-2H3. The van der Waals surface area contributed by atoms with Crippen LogP contribution in [-0.4, -0.2) is 9.78 Å². The Morgan fingerprint density at radius 2 is 2.40 bits per heavy atom. The Morgan fingerprint density at radius 1 is 1.70 bits per heavy atom. The van der Waals surface area contributed by atoms with Crippen molar-refractivity contribution in [1.29, 1.82) is 0 Å². The summed E-state index contributed by atoms with van der Waals surface area (Å²) >= 11 is 0. The van der Waals surface area contributed by atoms with Gasteiger partial charge in [-0.3, -0.25) is 4.68 Å². The van der Waals surface area contributed by atoms with Gasteiger partial charge in [0.15, 0.2) is 0 Å². The molecule has 0 aliphatic rings. The van der Waals surface area contributed by atoms with Crippen LogP contribution in [0.2, 0.25) is 0 Å². The van der Waals surface area contributed by atoms with Crippen molar-refractivity contribution in [2.45, 2.75) is 26.4 Å². The zero-order valence-corrected chi connectivity index (χ0v) is 6.41. The van der Waals surface area contributed by atoms with Gasteiger partial charge in [-0.2, -0.15) is 5.10 Å². The van der Waals surface area contributed by atoms with E-state index in [0.717, 1.165) is 5.56 Å². The molecule has 3 nitrogen and oxygen atoms in total. The molecule has 1 rings (SSSR count). The van der Waals surface area contributed by atoms with E-state index in [-0.39, 0.29) is 0 Å². The van der Waals surface area contributed by atoms with Crippen molar-refractivity contribution in [3.63, 3.8) is 0 Å². The summed E-state index contributed by atoms with van der Waals surface area (Å²) in [6, 6.07) is 0.431. The van der Waals surface area contributed by atoms with Crippen molar-refractivity contribution in [3.8, 4) is 0 Å². The van der Waals surface area contributed by atoms with Crippen molar-refractivity contribution in [2.24, 2.45) is 5.73 Å². The third-order valence-corrected chi connectivity index (χ3v) is 1.42. The Morgan fingerprint density at radius 3 is 2.70 bits per heavy atom. The number of hydrogen-bond acceptors (Lipinski definition) is 2. The number of nitrogens with two attached hydrogens (primary N) is 1. The smallest absolute Gasteiger partial charge is 0.0534 e. The first kappa shape index (κ1) is 7.28. The van der Waals surface area contributed by atoms with Gasteiger partial charge in [-0.25, -0.2) is 0 Å². The maximum atomic E-state index is 5.41. The number of aromatic nitrogens is 2. The van der Waals surface area contributed by atoms with Gasteiger partial charge < -0.3 is 5.73 Å². The second-order valence-electron chi connectivity index (χ2n) is 2.63. The highest BCUT2D eigenvalue weighted by molar-refractivity contribution is 5.02. The summed E-state index contributed by atoms with van der Waals surface area (Å²) in [4.78, 5) is 0. The lowest BCUT2D eigenvalue weighted by atomic mass is 10.3. The SMILES string of the molecule is CC(C)n1cc(CN)cn1. The van der Waals surface area contributed by atoms with Crippen LogP contribution in [0.4, 0.5) is 0 Å². The van der Waals surface area contributed by atoms with Crippen LogP contribution in [0, 0.1) is 0 Å². The molecule has 0 aliphatic carbocycles. The number of hydrogen-bond donors (Lipinski definition) is 1. The first-order valence-corrected chi connectivity index (χ1v) is 3.47. The fourth-order valence-corrected chi connectivity index (χ4v) is 0.765. The van der Waals surface area contributed by atoms with E-state index in [1.807, 2.05) is 10.9 Å². The molecule has 0 bridgehead atoms. The molecular formula is C7H13N3. The minimum Gasteiger partial charge on any atom is -0.326 e. The van der Waals surface area contributed by atoms with E-state index in [9.17, 15) is 0 Å². The van der Waals surface area contributed by atoms with Gasteiger partial charge in [-0.1, -0.05) is 0 Å². The van der Waals surface area contributed by atoms with Crippen molar-refractivity contribution in [1.82, 2.24) is 9.78 Å². The lowest BCUT2D eigenvalue weighted by molar-refractivity contribution is 0.532. The highest BCUT2D eigenvalue weighted by Gasteiger charge is 1.98. The van der Waals surface area contributed by atoms with E-state index < -0.39 is 0 Å². The van der Waals surface area contributed by atoms with Crippen molar-refractivity contribution < 1.29 is 0 Å². The first-order valence-electron chi connectivity index (χ1n) is 3.47. The summed E-state index contributed by atoms with van der Waals surface area (Å²) in [6.45, 7) is 4.76. The van der Waals surface area contributed by atoms with Crippen LogP contribution in [0.1, 0.15) is 25.5 Å². The van der Waals surface area contributed by atoms with E-state index in [1.54, 1.807) is 6.20 Å². The minimum atomic E-state index is 0.431. The largest absolute Gasteiger partial charge is 0.326 e. The molecule has 0 fully saturated rings. The molecule has 0 aromatic carbocycles. The Kier molecular flexibility index (Phi) is 2.06. The maximum Gasteiger partial charge on any atom is 0.0534 e. The predicted octanol–water partition coefficient (Wildman–Crippen LogP) is 0.923. The summed E-state index contributed by atoms with van der Waals surface area (Å²) in [5, 5.41) is 4.12. The molecular weight excluding hydrogens is 126 g/mol. The van der Waals surface area contributed by atoms with Crippen LogP contribution >= 0.6 is 0 Å². The highest BCUT2D eigenvalue weighted by Crippen LogP contribution is 2.03. The number of rotatable bonds is 2. The van der Waals surface area contributed by atoms with Gasteiger partial charge >= 0.3 is 0 Å². The van der Waals surface area contributed by atoms with Crippen LogP contribution in [0.5, 0.6) is 0 Å². The Hall–Kier alpha value is -0.830. The lowest BCUT2D eigenvalue weighted by Crippen LogP contribution is -2.00. The molecule has 0 amide bonds. The summed E-state index contributed by atoms with van der Waals surface area (Å²) < 4.78 is 1.90. The van der Waals surface area contributed by atoms with Gasteiger partial charge in [-0.05, 0) is 13.8 Å². The third kappa shape index (κ3) is 1.36. The maximum absolute atomic E-state index is 5.41. The molecule has 1 aromatic rings. The van der Waals surface area contributed by atoms with E-state index in [0.29, 0.717) is 12.6 Å². The predicted molar refractivity (Wildman–Crippen MR) is 40.5 cm³/mol. The molecule has 1 heterocycles. The van der Waals surface area contributed by atoms with E-state index in [1.165, 1.54) is 0 Å². The molecule has 56 valence electrons. The molecule has 0 saturated heterocycles. The van der Waals surface area contributed by atoms with Gasteiger partial charge in [-0.15, -0.1) is 0 Å². The van der Waals surface area contributed by atoms with Gasteiger partial charge in [0.25, 0.3) is 0 Å². The average Bonchev–Trinajstić information content (AvgIpc) is 2.34. The summed E-state index contributed by atoms with van der Waals surface area (Å²) in [7, 11) is 0. The highest BCUT2D eigenvalue weighted by atomic mass is 15.3. The van der Waals surface area contributed by atoms with Crippen LogP contribution in [0.25, 0.3) is 0 Å². The molecule has 2 N–H and O–H groups in total. The Bertz CT molecular complexity index is 202. The van der Waals surface area contributed by atoms with Crippen LogP contribution in [0.3, 0.4) is 0 Å². The average molecular weight is 139 g/mol. The molecule has 0 aliphatic heterocycles. The molecule has 0 radical (unpaired) electrons. The number of nitrogens with zero attached hydrogens (tertiary/aromatic N) is 2. The van der Waals surface area contributed by atoms with E-state index in [2.05, 4.69) is 18.9 Å². The van der Waals surface area contributed by atoms with Crippen molar-refractivity contribution in [2.75, 3.05) is 0 Å². The second-order valence-corrected chi connectivity index (χ2v) is 2.63. The molecule has 0 unspecified atom stereocenters. The zero-order chi connectivity index (χ0) is 7.56. The quantitative estimate of drug-likeness (QED) is 0.662. The van der Waals surface area contributed by atoms with E-state index in [4.69, 9.17) is 5.73 Å². The second kappa shape index (κ2) is 2.84. The summed E-state index contributed by atoms with van der Waals surface area (Å²) in [6.07, 6.45) is 3.78. The molecule has 3 heteroatoms. The van der Waals surface area contributed by atoms with Crippen LogP contribution in [0.15, 0.2) is 12.4 Å². The van der Waals surface area contributed by atoms with Gasteiger partial charge in [0.2, 0.25) is 0 Å². The Balaban J connectivity index is 2.78. The Labute approximate surface area is 60.8 Å². The third-order valence-electron chi connectivity index (χ3n) is 1.42. The molecule has 0 saturated carbocycles. The molecule has 0 atom stereocenters.